The topological polar surface area (TPSA) is 79.0 Å². The van der Waals surface area contributed by atoms with E-state index in [-0.39, 0.29) is 12.1 Å². The Balaban J connectivity index is 1.62. The van der Waals surface area contributed by atoms with Crippen LogP contribution in [0.1, 0.15) is 24.6 Å². The van der Waals surface area contributed by atoms with Gasteiger partial charge in [-0.15, -0.1) is 0 Å². The first-order valence-corrected chi connectivity index (χ1v) is 6.92. The van der Waals surface area contributed by atoms with Crippen molar-refractivity contribution in [2.45, 2.75) is 32.2 Å². The normalized spacial score (nSPS) is 17.4. The Morgan fingerprint density at radius 1 is 1.65 bits per heavy atom. The van der Waals surface area contributed by atoms with E-state index >= 15 is 0 Å². The second-order valence-corrected chi connectivity index (χ2v) is 5.22. The van der Waals surface area contributed by atoms with Gasteiger partial charge in [0.05, 0.1) is 19.4 Å². The monoisotopic (exact) mass is 278 g/mol. The summed E-state index contributed by atoms with van der Waals surface area (Å²) in [6.07, 6.45) is 4.55. The van der Waals surface area contributed by atoms with E-state index in [9.17, 15) is 4.79 Å². The Hall–Kier alpha value is -1.82. The number of fused-ring (bicyclic) bond motifs is 1. The molecule has 1 aromatic heterocycles. The van der Waals surface area contributed by atoms with Crippen molar-refractivity contribution in [1.29, 1.82) is 0 Å². The van der Waals surface area contributed by atoms with Gasteiger partial charge >= 0.3 is 6.03 Å². The Morgan fingerprint density at radius 2 is 2.50 bits per heavy atom. The Kier molecular flexibility index (Phi) is 5.17. The van der Waals surface area contributed by atoms with E-state index in [0.29, 0.717) is 19.8 Å². The fraction of sp³-hybridized carbons (Fsp3) is 0.571. The minimum atomic E-state index is -0.138. The summed E-state index contributed by atoms with van der Waals surface area (Å²) in [5, 5.41) is 12.8. The average molecular weight is 278 g/mol. The lowest BCUT2D eigenvalue weighted by atomic mass is 9.94. The Bertz CT molecular complexity index is 469. The quantitative estimate of drug-likeness (QED) is 0.539. The number of ether oxygens (including phenoxy) is 1. The van der Waals surface area contributed by atoms with Gasteiger partial charge in [-0.25, -0.2) is 4.79 Å². The van der Waals surface area contributed by atoms with Gasteiger partial charge in [0.25, 0.3) is 0 Å². The molecule has 2 amide bonds. The molecule has 0 spiro atoms. The van der Waals surface area contributed by atoms with Crippen LogP contribution in [-0.2, 0) is 17.6 Å². The molecule has 0 radical (unpaired) electrons. The number of amides is 2. The van der Waals surface area contributed by atoms with Crippen LogP contribution in [0, 0.1) is 0 Å². The molecule has 3 N–H and O–H groups in total. The van der Waals surface area contributed by atoms with Crippen LogP contribution in [-0.4, -0.2) is 42.0 Å². The molecule has 110 valence electrons. The van der Waals surface area contributed by atoms with Crippen molar-refractivity contribution in [3.05, 3.63) is 29.6 Å². The van der Waals surface area contributed by atoms with Crippen molar-refractivity contribution in [1.82, 2.24) is 20.8 Å². The molecule has 1 atom stereocenters. The van der Waals surface area contributed by atoms with E-state index in [2.05, 4.69) is 27.4 Å². The maximum atomic E-state index is 11.7. The van der Waals surface area contributed by atoms with E-state index in [1.165, 1.54) is 11.3 Å². The molecule has 1 heterocycles. The van der Waals surface area contributed by atoms with Gasteiger partial charge < -0.3 is 15.4 Å². The maximum absolute atomic E-state index is 11.7. The predicted octanol–water partition coefficient (Wildman–Crippen LogP) is 1.16. The maximum Gasteiger partial charge on any atom is 0.315 e. The van der Waals surface area contributed by atoms with Crippen LogP contribution in [0.5, 0.6) is 0 Å². The van der Waals surface area contributed by atoms with Crippen molar-refractivity contribution in [2.75, 3.05) is 19.8 Å². The SMILES string of the molecule is C=C(C)COCCNC(=O)N[C@H]1CCc2[nH]ncc2C1. The summed E-state index contributed by atoms with van der Waals surface area (Å²) in [6.45, 7) is 7.19. The lowest BCUT2D eigenvalue weighted by Crippen LogP contribution is -2.45. The van der Waals surface area contributed by atoms with Crippen molar-refractivity contribution in [3.63, 3.8) is 0 Å². The van der Waals surface area contributed by atoms with Crippen LogP contribution in [0.3, 0.4) is 0 Å². The summed E-state index contributed by atoms with van der Waals surface area (Å²) < 4.78 is 5.32. The summed E-state index contributed by atoms with van der Waals surface area (Å²) in [5.74, 6) is 0. The zero-order valence-electron chi connectivity index (χ0n) is 11.9. The molecule has 0 saturated heterocycles. The number of hydrogen-bond donors (Lipinski definition) is 3. The van der Waals surface area contributed by atoms with E-state index in [1.54, 1.807) is 0 Å². The molecule has 1 aliphatic rings. The molecule has 0 aliphatic heterocycles. The number of aryl methyl sites for hydroxylation is 1. The first-order chi connectivity index (χ1) is 9.65. The summed E-state index contributed by atoms with van der Waals surface area (Å²) in [6, 6.07) is 0.0392. The predicted molar refractivity (Wildman–Crippen MR) is 76.6 cm³/mol. The van der Waals surface area contributed by atoms with Gasteiger partial charge in [0.15, 0.2) is 0 Å². The number of carbonyl (C=O) groups excluding carboxylic acids is 1. The number of aromatic amines is 1. The number of nitrogens with one attached hydrogen (secondary N) is 3. The smallest absolute Gasteiger partial charge is 0.315 e. The van der Waals surface area contributed by atoms with Crippen LogP contribution in [0.2, 0.25) is 0 Å². The minimum Gasteiger partial charge on any atom is -0.375 e. The van der Waals surface area contributed by atoms with Crippen LogP contribution in [0.25, 0.3) is 0 Å². The van der Waals surface area contributed by atoms with Gasteiger partial charge in [-0.1, -0.05) is 12.2 Å². The molecule has 2 rings (SSSR count). The molecular weight excluding hydrogens is 256 g/mol. The summed E-state index contributed by atoms with van der Waals surface area (Å²) in [5.41, 5.74) is 3.37. The average Bonchev–Trinajstić information content (AvgIpc) is 2.85. The Labute approximate surface area is 119 Å². The second kappa shape index (κ2) is 7.09. The number of hydrogen-bond acceptors (Lipinski definition) is 3. The zero-order valence-corrected chi connectivity index (χ0v) is 11.9. The standard InChI is InChI=1S/C14H22N4O2/c1-10(2)9-20-6-5-15-14(19)17-12-3-4-13-11(7-12)8-16-18-13/h8,12H,1,3-7,9H2,2H3,(H,16,18)(H2,15,17,19)/t12-/m0/s1. The van der Waals surface area contributed by atoms with Crippen molar-refractivity contribution < 1.29 is 9.53 Å². The second-order valence-electron chi connectivity index (χ2n) is 5.22. The molecule has 0 bridgehead atoms. The molecule has 1 aromatic rings. The fourth-order valence-electron chi connectivity index (χ4n) is 2.26. The minimum absolute atomic E-state index is 0.138. The number of nitrogens with zero attached hydrogens (tertiary/aromatic N) is 1. The molecule has 20 heavy (non-hydrogen) atoms. The zero-order chi connectivity index (χ0) is 14.4. The van der Waals surface area contributed by atoms with Crippen molar-refractivity contribution in [3.8, 4) is 0 Å². The first-order valence-electron chi connectivity index (χ1n) is 6.92. The molecule has 1 aliphatic carbocycles. The van der Waals surface area contributed by atoms with Crippen molar-refractivity contribution >= 4 is 6.03 Å². The number of aromatic nitrogens is 2. The summed E-state index contributed by atoms with van der Waals surface area (Å²) in [7, 11) is 0. The van der Waals surface area contributed by atoms with Crippen LogP contribution < -0.4 is 10.6 Å². The van der Waals surface area contributed by atoms with Crippen LogP contribution in [0.4, 0.5) is 4.79 Å². The number of carbonyl (C=O) groups is 1. The van der Waals surface area contributed by atoms with Gasteiger partial charge in [0.1, 0.15) is 0 Å². The van der Waals surface area contributed by atoms with Crippen molar-refractivity contribution in [2.24, 2.45) is 0 Å². The molecule has 6 heteroatoms. The molecule has 6 nitrogen and oxygen atoms in total. The number of urea groups is 1. The highest BCUT2D eigenvalue weighted by Crippen LogP contribution is 2.18. The lowest BCUT2D eigenvalue weighted by Gasteiger charge is -2.22. The largest absolute Gasteiger partial charge is 0.375 e. The fourth-order valence-corrected chi connectivity index (χ4v) is 2.26. The van der Waals surface area contributed by atoms with Gasteiger partial charge in [0.2, 0.25) is 0 Å². The van der Waals surface area contributed by atoms with E-state index < -0.39 is 0 Å². The highest BCUT2D eigenvalue weighted by molar-refractivity contribution is 5.74. The number of rotatable bonds is 6. The van der Waals surface area contributed by atoms with Gasteiger partial charge in [0, 0.05) is 18.3 Å². The van der Waals surface area contributed by atoms with E-state index in [0.717, 1.165) is 24.8 Å². The molecule has 0 fully saturated rings. The molecule has 0 saturated carbocycles. The van der Waals surface area contributed by atoms with Gasteiger partial charge in [-0.3, -0.25) is 5.10 Å². The third-order valence-corrected chi connectivity index (χ3v) is 3.23. The molecule has 0 aromatic carbocycles. The summed E-state index contributed by atoms with van der Waals surface area (Å²) >= 11 is 0. The van der Waals surface area contributed by atoms with Crippen LogP contribution in [0.15, 0.2) is 18.3 Å². The molecule has 0 unspecified atom stereocenters. The molecular formula is C14H22N4O2. The van der Waals surface area contributed by atoms with Gasteiger partial charge in [-0.2, -0.15) is 5.10 Å². The van der Waals surface area contributed by atoms with Crippen LogP contribution >= 0.6 is 0 Å². The third kappa shape index (κ3) is 4.38. The van der Waals surface area contributed by atoms with Gasteiger partial charge in [-0.05, 0) is 31.7 Å². The lowest BCUT2D eigenvalue weighted by molar-refractivity contribution is 0.157. The third-order valence-electron chi connectivity index (χ3n) is 3.23. The highest BCUT2D eigenvalue weighted by atomic mass is 16.5. The summed E-state index contributed by atoms with van der Waals surface area (Å²) in [4.78, 5) is 11.7. The van der Waals surface area contributed by atoms with E-state index in [1.807, 2.05) is 13.1 Å². The first kappa shape index (κ1) is 14.6. The van der Waals surface area contributed by atoms with E-state index in [4.69, 9.17) is 4.74 Å². The Morgan fingerprint density at radius 3 is 3.30 bits per heavy atom. The number of H-pyrrole nitrogens is 1. The highest BCUT2D eigenvalue weighted by Gasteiger charge is 2.21.